The third-order valence-corrected chi connectivity index (χ3v) is 3.61. The van der Waals surface area contributed by atoms with Crippen LogP contribution in [0.3, 0.4) is 0 Å². The Labute approximate surface area is 126 Å². The molecule has 0 saturated heterocycles. The van der Waals surface area contributed by atoms with Crippen LogP contribution in [0.15, 0.2) is 48.8 Å². The third-order valence-electron chi connectivity index (χ3n) is 3.61. The summed E-state index contributed by atoms with van der Waals surface area (Å²) < 4.78 is 5.41. The quantitative estimate of drug-likeness (QED) is 0.608. The molecule has 0 atom stereocenters. The highest BCUT2D eigenvalue weighted by Crippen LogP contribution is 2.34. The summed E-state index contributed by atoms with van der Waals surface area (Å²) in [6, 6.07) is 13.9. The van der Waals surface area contributed by atoms with Crippen molar-refractivity contribution < 1.29 is 4.74 Å². The van der Waals surface area contributed by atoms with Crippen LogP contribution in [-0.4, -0.2) is 32.5 Å². The molecule has 0 radical (unpaired) electrons. The van der Waals surface area contributed by atoms with E-state index in [1.54, 1.807) is 7.11 Å². The van der Waals surface area contributed by atoms with Crippen molar-refractivity contribution in [3.05, 3.63) is 48.8 Å². The molecule has 0 saturated carbocycles. The molecule has 108 valence electrons. The van der Waals surface area contributed by atoms with E-state index in [1.807, 2.05) is 42.5 Å². The molecule has 4 aromatic rings. The summed E-state index contributed by atoms with van der Waals surface area (Å²) in [5.74, 6) is 1.40. The molecular formula is C16H13N5O. The first-order chi connectivity index (χ1) is 10.9. The van der Waals surface area contributed by atoms with E-state index >= 15 is 0 Å². The molecular weight excluding hydrogens is 278 g/mol. The van der Waals surface area contributed by atoms with Gasteiger partial charge in [0, 0.05) is 10.9 Å². The predicted octanol–water partition coefficient (Wildman–Crippen LogP) is 3.02. The average molecular weight is 291 g/mol. The number of hydrogen-bond acceptors (Lipinski definition) is 4. The number of aromatic amines is 2. The first-order valence-electron chi connectivity index (χ1n) is 6.84. The Kier molecular flexibility index (Phi) is 2.86. The van der Waals surface area contributed by atoms with Crippen molar-refractivity contribution in [3.8, 4) is 28.4 Å². The summed E-state index contributed by atoms with van der Waals surface area (Å²) in [4.78, 5) is 4.20. The fraction of sp³-hybridized carbons (Fsp3) is 0.0625. The highest BCUT2D eigenvalue weighted by molar-refractivity contribution is 5.93. The highest BCUT2D eigenvalue weighted by Gasteiger charge is 2.13. The molecule has 4 rings (SSSR count). The number of aromatic nitrogens is 5. The first-order valence-corrected chi connectivity index (χ1v) is 6.84. The van der Waals surface area contributed by atoms with Gasteiger partial charge in [-0.05, 0) is 24.3 Å². The van der Waals surface area contributed by atoms with E-state index in [0.29, 0.717) is 5.82 Å². The molecule has 0 fully saturated rings. The van der Waals surface area contributed by atoms with E-state index in [0.717, 1.165) is 33.5 Å². The average Bonchev–Trinajstić information content (AvgIpc) is 3.24. The molecule has 0 spiro atoms. The third kappa shape index (κ3) is 1.93. The number of rotatable bonds is 3. The molecule has 2 N–H and O–H groups in total. The summed E-state index contributed by atoms with van der Waals surface area (Å²) in [5, 5.41) is 15.3. The van der Waals surface area contributed by atoms with Crippen LogP contribution < -0.4 is 4.74 Å². The number of fused-ring (bicyclic) bond motifs is 1. The van der Waals surface area contributed by atoms with Crippen molar-refractivity contribution >= 4 is 10.9 Å². The maximum atomic E-state index is 5.41. The molecule has 0 aliphatic heterocycles. The number of nitrogens with one attached hydrogen (secondary N) is 2. The smallest absolute Gasteiger partial charge is 0.159 e. The molecule has 0 bridgehead atoms. The van der Waals surface area contributed by atoms with E-state index in [9.17, 15) is 0 Å². The lowest BCUT2D eigenvalue weighted by atomic mass is 10.0. The van der Waals surface area contributed by atoms with Gasteiger partial charge in [0.05, 0.1) is 23.9 Å². The van der Waals surface area contributed by atoms with Crippen molar-refractivity contribution in [2.75, 3.05) is 7.11 Å². The second kappa shape index (κ2) is 5.00. The summed E-state index contributed by atoms with van der Waals surface area (Å²) >= 11 is 0. The number of para-hydroxylation sites is 1. The molecule has 0 unspecified atom stereocenters. The van der Waals surface area contributed by atoms with Gasteiger partial charge >= 0.3 is 0 Å². The molecule has 0 amide bonds. The Hall–Kier alpha value is -3.15. The predicted molar refractivity (Wildman–Crippen MR) is 83.5 cm³/mol. The molecule has 2 heterocycles. The fourth-order valence-electron chi connectivity index (χ4n) is 2.56. The van der Waals surface area contributed by atoms with Crippen LogP contribution in [0.2, 0.25) is 0 Å². The lowest BCUT2D eigenvalue weighted by molar-refractivity contribution is 0.416. The summed E-state index contributed by atoms with van der Waals surface area (Å²) in [5.41, 5.74) is 3.75. The molecule has 0 aliphatic rings. The lowest BCUT2D eigenvalue weighted by Crippen LogP contribution is -1.91. The van der Waals surface area contributed by atoms with E-state index in [4.69, 9.17) is 4.74 Å². The van der Waals surface area contributed by atoms with Crippen molar-refractivity contribution in [3.63, 3.8) is 0 Å². The van der Waals surface area contributed by atoms with Crippen LogP contribution in [0.4, 0.5) is 0 Å². The Bertz CT molecular complexity index is 927. The second-order valence-corrected chi connectivity index (χ2v) is 4.87. The van der Waals surface area contributed by atoms with Gasteiger partial charge in [0.25, 0.3) is 0 Å². The molecule has 0 aliphatic carbocycles. The monoisotopic (exact) mass is 291 g/mol. The van der Waals surface area contributed by atoms with Gasteiger partial charge in [-0.25, -0.2) is 4.98 Å². The maximum absolute atomic E-state index is 5.41. The molecule has 2 aromatic carbocycles. The number of H-pyrrole nitrogens is 2. The maximum Gasteiger partial charge on any atom is 0.159 e. The number of hydrogen-bond donors (Lipinski definition) is 2. The topological polar surface area (TPSA) is 79.5 Å². The minimum atomic E-state index is 0.665. The van der Waals surface area contributed by atoms with Crippen LogP contribution >= 0.6 is 0 Å². The molecule has 6 nitrogen and oxygen atoms in total. The largest absolute Gasteiger partial charge is 0.496 e. The van der Waals surface area contributed by atoms with Crippen LogP contribution in [0, 0.1) is 0 Å². The van der Waals surface area contributed by atoms with Crippen molar-refractivity contribution in [2.24, 2.45) is 0 Å². The van der Waals surface area contributed by atoms with Crippen LogP contribution in [0.1, 0.15) is 0 Å². The Balaban J connectivity index is 1.91. The van der Waals surface area contributed by atoms with Gasteiger partial charge in [-0.1, -0.05) is 18.2 Å². The van der Waals surface area contributed by atoms with E-state index in [-0.39, 0.29) is 0 Å². The van der Waals surface area contributed by atoms with Gasteiger partial charge in [-0.3, -0.25) is 10.2 Å². The summed E-state index contributed by atoms with van der Waals surface area (Å²) in [7, 11) is 1.64. The molecule has 22 heavy (non-hydrogen) atoms. The first kappa shape index (κ1) is 12.6. The zero-order valence-corrected chi connectivity index (χ0v) is 11.9. The van der Waals surface area contributed by atoms with Crippen LogP contribution in [0.5, 0.6) is 5.75 Å². The van der Waals surface area contributed by atoms with Gasteiger partial charge in [-0.15, -0.1) is 0 Å². The standard InChI is InChI=1S/C16H13N5O/c1-22-14-7-6-10(8-12(14)16-17-9-18-21-16)15-11-4-2-3-5-13(11)19-20-15/h2-9H,1H3,(H,19,20)(H,17,18,21). The van der Waals surface area contributed by atoms with Gasteiger partial charge in [0.15, 0.2) is 5.82 Å². The normalized spacial score (nSPS) is 11.0. The Morgan fingerprint density at radius 2 is 1.95 bits per heavy atom. The number of methoxy groups -OCH3 is 1. The fourth-order valence-corrected chi connectivity index (χ4v) is 2.56. The van der Waals surface area contributed by atoms with Crippen molar-refractivity contribution in [1.82, 2.24) is 25.4 Å². The molecule has 6 heteroatoms. The SMILES string of the molecule is COc1ccc(-c2n[nH]c3ccccc23)cc1-c1ncn[nH]1. The summed E-state index contributed by atoms with van der Waals surface area (Å²) in [6.07, 6.45) is 1.48. The number of nitrogens with zero attached hydrogens (tertiary/aromatic N) is 3. The van der Waals surface area contributed by atoms with Gasteiger partial charge in [0.1, 0.15) is 12.1 Å². The van der Waals surface area contributed by atoms with Gasteiger partial charge in [0.2, 0.25) is 0 Å². The lowest BCUT2D eigenvalue weighted by Gasteiger charge is -2.08. The van der Waals surface area contributed by atoms with E-state index in [1.165, 1.54) is 6.33 Å². The van der Waals surface area contributed by atoms with Crippen LogP contribution in [-0.2, 0) is 0 Å². The van der Waals surface area contributed by atoms with Crippen molar-refractivity contribution in [2.45, 2.75) is 0 Å². The van der Waals surface area contributed by atoms with Gasteiger partial charge < -0.3 is 4.74 Å². The molecule has 2 aromatic heterocycles. The second-order valence-electron chi connectivity index (χ2n) is 4.87. The number of benzene rings is 2. The number of ether oxygens (including phenoxy) is 1. The minimum Gasteiger partial charge on any atom is -0.496 e. The zero-order valence-electron chi connectivity index (χ0n) is 11.9. The zero-order chi connectivity index (χ0) is 14.9. The van der Waals surface area contributed by atoms with Gasteiger partial charge in [-0.2, -0.15) is 10.2 Å². The van der Waals surface area contributed by atoms with E-state index < -0.39 is 0 Å². The van der Waals surface area contributed by atoms with Crippen molar-refractivity contribution in [1.29, 1.82) is 0 Å². The Morgan fingerprint density at radius 3 is 2.77 bits per heavy atom. The Morgan fingerprint density at radius 1 is 1.05 bits per heavy atom. The highest BCUT2D eigenvalue weighted by atomic mass is 16.5. The van der Waals surface area contributed by atoms with E-state index in [2.05, 4.69) is 25.4 Å². The van der Waals surface area contributed by atoms with Crippen LogP contribution in [0.25, 0.3) is 33.5 Å². The summed E-state index contributed by atoms with van der Waals surface area (Å²) in [6.45, 7) is 0. The minimum absolute atomic E-state index is 0.665.